The van der Waals surface area contributed by atoms with Gasteiger partial charge >= 0.3 is 0 Å². The van der Waals surface area contributed by atoms with Crippen molar-refractivity contribution in [3.05, 3.63) is 71.3 Å². The molecule has 1 amide bonds. The standard InChI is InChI=1S/C20H22F2N2O/c21-16-6-7-19(22)18(14-16)20(25)23-17-9-12-24(13-10-17)11-8-15-4-2-1-3-5-15/h1-7,14,17H,8-13H2,(H,23,25). The van der Waals surface area contributed by atoms with Gasteiger partial charge in [0.15, 0.2) is 0 Å². The summed E-state index contributed by atoms with van der Waals surface area (Å²) in [6.07, 6.45) is 2.64. The number of piperidine rings is 1. The predicted molar refractivity (Wildman–Crippen MR) is 93.4 cm³/mol. The molecule has 3 nitrogen and oxygen atoms in total. The summed E-state index contributed by atoms with van der Waals surface area (Å²) >= 11 is 0. The topological polar surface area (TPSA) is 32.3 Å². The van der Waals surface area contributed by atoms with Crippen molar-refractivity contribution in [2.24, 2.45) is 0 Å². The SMILES string of the molecule is O=C(NC1CCN(CCc2ccccc2)CC1)c1cc(F)ccc1F. The molecule has 0 atom stereocenters. The van der Waals surface area contributed by atoms with Crippen LogP contribution >= 0.6 is 0 Å². The number of hydrogen-bond acceptors (Lipinski definition) is 2. The Morgan fingerprint density at radius 2 is 1.80 bits per heavy atom. The van der Waals surface area contributed by atoms with E-state index in [0.29, 0.717) is 0 Å². The van der Waals surface area contributed by atoms with E-state index in [4.69, 9.17) is 0 Å². The maximum atomic E-state index is 13.7. The number of hydrogen-bond donors (Lipinski definition) is 1. The quantitative estimate of drug-likeness (QED) is 0.902. The molecular formula is C20H22F2N2O. The minimum absolute atomic E-state index is 0.00291. The second-order valence-electron chi connectivity index (χ2n) is 6.45. The normalized spacial score (nSPS) is 15.9. The van der Waals surface area contributed by atoms with Crippen molar-refractivity contribution < 1.29 is 13.6 Å². The third kappa shape index (κ3) is 4.86. The van der Waals surface area contributed by atoms with Crippen molar-refractivity contribution in [1.29, 1.82) is 0 Å². The fraction of sp³-hybridized carbons (Fsp3) is 0.350. The van der Waals surface area contributed by atoms with E-state index < -0.39 is 17.5 Å². The summed E-state index contributed by atoms with van der Waals surface area (Å²) in [5.41, 5.74) is 1.09. The van der Waals surface area contributed by atoms with Gasteiger partial charge in [-0.3, -0.25) is 4.79 Å². The van der Waals surface area contributed by atoms with Crippen LogP contribution in [0.1, 0.15) is 28.8 Å². The highest BCUT2D eigenvalue weighted by Gasteiger charge is 2.22. The lowest BCUT2D eigenvalue weighted by atomic mass is 10.0. The summed E-state index contributed by atoms with van der Waals surface area (Å²) in [4.78, 5) is 14.5. The number of carbonyl (C=O) groups excluding carboxylic acids is 1. The molecule has 5 heteroatoms. The lowest BCUT2D eigenvalue weighted by Crippen LogP contribution is -2.45. The average molecular weight is 344 g/mol. The maximum absolute atomic E-state index is 13.7. The first-order valence-corrected chi connectivity index (χ1v) is 8.64. The van der Waals surface area contributed by atoms with Gasteiger partial charge in [-0.15, -0.1) is 0 Å². The molecule has 2 aromatic rings. The molecule has 1 aliphatic rings. The number of benzene rings is 2. The summed E-state index contributed by atoms with van der Waals surface area (Å²) < 4.78 is 26.9. The number of halogens is 2. The van der Waals surface area contributed by atoms with E-state index in [1.54, 1.807) is 0 Å². The van der Waals surface area contributed by atoms with E-state index in [1.807, 2.05) is 18.2 Å². The zero-order valence-electron chi connectivity index (χ0n) is 14.1. The molecule has 2 aromatic carbocycles. The zero-order valence-corrected chi connectivity index (χ0v) is 14.1. The summed E-state index contributed by atoms with van der Waals surface area (Å²) in [5.74, 6) is -1.85. The van der Waals surface area contributed by atoms with Crippen LogP contribution in [0.25, 0.3) is 0 Å². The molecule has 0 aliphatic carbocycles. The Morgan fingerprint density at radius 1 is 1.08 bits per heavy atom. The largest absolute Gasteiger partial charge is 0.349 e. The van der Waals surface area contributed by atoms with E-state index >= 15 is 0 Å². The first kappa shape index (κ1) is 17.5. The average Bonchev–Trinajstić information content (AvgIpc) is 2.64. The van der Waals surface area contributed by atoms with E-state index in [0.717, 1.165) is 57.1 Å². The Bertz CT molecular complexity index is 713. The fourth-order valence-corrected chi connectivity index (χ4v) is 3.17. The van der Waals surface area contributed by atoms with Crippen LogP contribution < -0.4 is 5.32 Å². The van der Waals surface area contributed by atoms with Crippen LogP contribution in [0.3, 0.4) is 0 Å². The molecule has 3 rings (SSSR count). The van der Waals surface area contributed by atoms with E-state index in [9.17, 15) is 13.6 Å². The molecule has 1 saturated heterocycles. The van der Waals surface area contributed by atoms with Crippen molar-refractivity contribution in [2.75, 3.05) is 19.6 Å². The van der Waals surface area contributed by atoms with E-state index in [-0.39, 0.29) is 11.6 Å². The van der Waals surface area contributed by atoms with Crippen molar-refractivity contribution in [2.45, 2.75) is 25.3 Å². The number of amides is 1. The lowest BCUT2D eigenvalue weighted by molar-refractivity contribution is 0.0907. The number of nitrogens with zero attached hydrogens (tertiary/aromatic N) is 1. The van der Waals surface area contributed by atoms with Crippen LogP contribution in [-0.4, -0.2) is 36.5 Å². The molecule has 0 radical (unpaired) electrons. The van der Waals surface area contributed by atoms with Gasteiger partial charge in [0.25, 0.3) is 5.91 Å². The lowest BCUT2D eigenvalue weighted by Gasteiger charge is -2.32. The minimum atomic E-state index is -0.695. The van der Waals surface area contributed by atoms with Crippen LogP contribution in [-0.2, 0) is 6.42 Å². The number of carbonyl (C=O) groups is 1. The second kappa shape index (κ2) is 8.21. The smallest absolute Gasteiger partial charge is 0.254 e. The van der Waals surface area contributed by atoms with Crippen molar-refractivity contribution in [3.63, 3.8) is 0 Å². The van der Waals surface area contributed by atoms with Gasteiger partial charge in [0, 0.05) is 25.7 Å². The van der Waals surface area contributed by atoms with Crippen LogP contribution in [0.2, 0.25) is 0 Å². The van der Waals surface area contributed by atoms with Crippen LogP contribution in [0.15, 0.2) is 48.5 Å². The predicted octanol–water partition coefficient (Wildman–Crippen LogP) is 3.40. The molecule has 132 valence electrons. The number of nitrogens with one attached hydrogen (secondary N) is 1. The molecule has 25 heavy (non-hydrogen) atoms. The van der Waals surface area contributed by atoms with Crippen LogP contribution in [0.5, 0.6) is 0 Å². The Labute approximate surface area is 146 Å². The number of likely N-dealkylation sites (tertiary alicyclic amines) is 1. The molecule has 1 N–H and O–H groups in total. The van der Waals surface area contributed by atoms with Gasteiger partial charge in [-0.25, -0.2) is 8.78 Å². The molecule has 0 bridgehead atoms. The van der Waals surface area contributed by atoms with Gasteiger partial charge in [-0.1, -0.05) is 30.3 Å². The Morgan fingerprint density at radius 3 is 2.52 bits per heavy atom. The summed E-state index contributed by atoms with van der Waals surface area (Å²) in [5, 5.41) is 2.83. The molecule has 0 aromatic heterocycles. The monoisotopic (exact) mass is 344 g/mol. The fourth-order valence-electron chi connectivity index (χ4n) is 3.17. The first-order chi connectivity index (χ1) is 12.1. The summed E-state index contributed by atoms with van der Waals surface area (Å²) in [7, 11) is 0. The minimum Gasteiger partial charge on any atom is -0.349 e. The van der Waals surface area contributed by atoms with E-state index in [2.05, 4.69) is 22.3 Å². The molecule has 1 fully saturated rings. The molecule has 1 heterocycles. The van der Waals surface area contributed by atoms with Crippen molar-refractivity contribution in [3.8, 4) is 0 Å². The molecular weight excluding hydrogens is 322 g/mol. The molecule has 0 spiro atoms. The Hall–Kier alpha value is -2.27. The highest BCUT2D eigenvalue weighted by atomic mass is 19.1. The first-order valence-electron chi connectivity index (χ1n) is 8.64. The third-order valence-electron chi connectivity index (χ3n) is 4.66. The van der Waals surface area contributed by atoms with Gasteiger partial charge in [0.05, 0.1) is 5.56 Å². The molecule has 1 aliphatic heterocycles. The summed E-state index contributed by atoms with van der Waals surface area (Å²) in [6, 6.07) is 13.3. The van der Waals surface area contributed by atoms with Crippen molar-refractivity contribution in [1.82, 2.24) is 10.2 Å². The van der Waals surface area contributed by atoms with Gasteiger partial charge in [0.2, 0.25) is 0 Å². The Kier molecular flexibility index (Phi) is 5.76. The summed E-state index contributed by atoms with van der Waals surface area (Å²) in [6.45, 7) is 2.77. The highest BCUT2D eigenvalue weighted by Crippen LogP contribution is 2.14. The van der Waals surface area contributed by atoms with Gasteiger partial charge in [-0.2, -0.15) is 0 Å². The van der Waals surface area contributed by atoms with Crippen molar-refractivity contribution >= 4 is 5.91 Å². The van der Waals surface area contributed by atoms with E-state index in [1.165, 1.54) is 5.56 Å². The second-order valence-corrected chi connectivity index (χ2v) is 6.45. The number of rotatable bonds is 5. The maximum Gasteiger partial charge on any atom is 0.254 e. The third-order valence-corrected chi connectivity index (χ3v) is 4.66. The highest BCUT2D eigenvalue weighted by molar-refractivity contribution is 5.94. The van der Waals surface area contributed by atoms with Gasteiger partial charge < -0.3 is 10.2 Å². The molecule has 0 unspecified atom stereocenters. The van der Waals surface area contributed by atoms with Gasteiger partial charge in [-0.05, 0) is 43.0 Å². The Balaban J connectivity index is 1.46. The van der Waals surface area contributed by atoms with Crippen LogP contribution in [0.4, 0.5) is 8.78 Å². The zero-order chi connectivity index (χ0) is 17.6. The molecule has 0 saturated carbocycles. The van der Waals surface area contributed by atoms with Crippen LogP contribution in [0, 0.1) is 11.6 Å². The van der Waals surface area contributed by atoms with Gasteiger partial charge in [0.1, 0.15) is 11.6 Å².